The van der Waals surface area contributed by atoms with E-state index in [1.165, 1.54) is 136 Å². The summed E-state index contributed by atoms with van der Waals surface area (Å²) < 4.78 is 15.6. The molecule has 0 aromatic heterocycles. The summed E-state index contributed by atoms with van der Waals surface area (Å²) in [6, 6.07) is 5.11. The van der Waals surface area contributed by atoms with E-state index < -0.39 is 5.97 Å². The molecule has 39 heavy (non-hydrogen) atoms. The van der Waals surface area contributed by atoms with Crippen LogP contribution in [0.15, 0.2) is 24.3 Å². The Labute approximate surface area is 239 Å². The van der Waals surface area contributed by atoms with E-state index in [0.29, 0.717) is 18.1 Å². The first-order valence-corrected chi connectivity index (χ1v) is 15.8. The summed E-state index contributed by atoms with van der Waals surface area (Å²) in [6.07, 6.45) is 30.1. The summed E-state index contributed by atoms with van der Waals surface area (Å²) in [5.74, 6) is 0.0235. The van der Waals surface area contributed by atoms with Gasteiger partial charge in [-0.15, -0.1) is 0 Å². The van der Waals surface area contributed by atoms with Crippen LogP contribution in [0.5, 0.6) is 11.5 Å². The number of unbranched alkanes of at least 4 members (excludes halogenated alkanes) is 19. The third-order valence-corrected chi connectivity index (χ3v) is 7.10. The Balaban J connectivity index is 1.90. The third kappa shape index (κ3) is 20.3. The zero-order valence-corrected chi connectivity index (χ0v) is 25.3. The number of methoxy groups -OCH3 is 1. The Bertz CT molecular complexity index is 786. The van der Waals surface area contributed by atoms with Gasteiger partial charge in [0.2, 0.25) is 0 Å². The minimum Gasteiger partial charge on any atom is -0.493 e. The Kier molecular flexibility index (Phi) is 22.0. The maximum Gasteiger partial charge on any atom is 0.330 e. The van der Waals surface area contributed by atoms with Crippen LogP contribution >= 0.6 is 0 Å². The second kappa shape index (κ2) is 24.7. The van der Waals surface area contributed by atoms with Crippen LogP contribution in [0, 0.1) is 0 Å². The summed E-state index contributed by atoms with van der Waals surface area (Å²) in [5, 5.41) is 0. The number of hydrogen-bond donors (Lipinski definition) is 0. The quantitative estimate of drug-likeness (QED) is 0.0530. The monoisotopic (exact) mass is 544 g/mol. The highest BCUT2D eigenvalue weighted by Gasteiger charge is 2.07. The van der Waals surface area contributed by atoms with Crippen LogP contribution in [-0.2, 0) is 14.3 Å². The van der Waals surface area contributed by atoms with Crippen molar-refractivity contribution < 1.29 is 23.8 Å². The molecule has 0 radical (unpaired) electrons. The molecule has 0 aliphatic rings. The maximum atomic E-state index is 12.0. The van der Waals surface area contributed by atoms with Crippen LogP contribution in [0.25, 0.3) is 6.08 Å². The summed E-state index contributed by atoms with van der Waals surface area (Å²) in [4.78, 5) is 23.1. The van der Waals surface area contributed by atoms with Crippen molar-refractivity contribution in [2.75, 3.05) is 13.7 Å². The van der Waals surface area contributed by atoms with E-state index in [0.717, 1.165) is 18.4 Å². The van der Waals surface area contributed by atoms with Crippen LogP contribution in [0.2, 0.25) is 0 Å². The van der Waals surface area contributed by atoms with Gasteiger partial charge in [0, 0.05) is 13.0 Å². The highest BCUT2D eigenvalue weighted by molar-refractivity contribution is 5.87. The molecule has 1 aromatic rings. The Hall–Kier alpha value is -2.30. The summed E-state index contributed by atoms with van der Waals surface area (Å²) in [7, 11) is 1.50. The Morgan fingerprint density at radius 1 is 0.667 bits per heavy atom. The molecule has 0 heterocycles. The topological polar surface area (TPSA) is 61.8 Å². The highest BCUT2D eigenvalue weighted by atomic mass is 16.6. The molecule has 1 rings (SSSR count). The first-order valence-electron chi connectivity index (χ1n) is 15.8. The van der Waals surface area contributed by atoms with Crippen molar-refractivity contribution in [3.05, 3.63) is 29.8 Å². The van der Waals surface area contributed by atoms with Crippen LogP contribution in [0.4, 0.5) is 0 Å². The lowest BCUT2D eigenvalue weighted by Gasteiger charge is -2.08. The minimum absolute atomic E-state index is 0.351. The third-order valence-electron chi connectivity index (χ3n) is 7.10. The fourth-order valence-electron chi connectivity index (χ4n) is 4.77. The van der Waals surface area contributed by atoms with Gasteiger partial charge in [0.15, 0.2) is 11.5 Å². The molecule has 0 saturated heterocycles. The Morgan fingerprint density at radius 3 is 1.56 bits per heavy atom. The number of rotatable bonds is 25. The highest BCUT2D eigenvalue weighted by Crippen LogP contribution is 2.28. The molecule has 222 valence electrons. The molecule has 5 heteroatoms. The van der Waals surface area contributed by atoms with E-state index in [-0.39, 0.29) is 5.97 Å². The average Bonchev–Trinajstić information content (AvgIpc) is 2.93. The van der Waals surface area contributed by atoms with E-state index in [9.17, 15) is 9.59 Å². The normalized spacial score (nSPS) is 11.2. The van der Waals surface area contributed by atoms with Crippen LogP contribution in [-0.4, -0.2) is 25.7 Å². The van der Waals surface area contributed by atoms with Crippen molar-refractivity contribution in [3.63, 3.8) is 0 Å². The molecule has 0 aliphatic heterocycles. The van der Waals surface area contributed by atoms with E-state index in [1.54, 1.807) is 24.3 Å². The van der Waals surface area contributed by atoms with Crippen LogP contribution < -0.4 is 9.47 Å². The van der Waals surface area contributed by atoms with E-state index in [4.69, 9.17) is 14.2 Å². The zero-order valence-electron chi connectivity index (χ0n) is 25.3. The van der Waals surface area contributed by atoms with Gasteiger partial charge in [-0.25, -0.2) is 4.79 Å². The predicted molar refractivity (Wildman–Crippen MR) is 162 cm³/mol. The fraction of sp³-hybridized carbons (Fsp3) is 0.706. The van der Waals surface area contributed by atoms with Gasteiger partial charge >= 0.3 is 11.9 Å². The number of esters is 2. The lowest BCUT2D eigenvalue weighted by Crippen LogP contribution is -2.03. The summed E-state index contributed by atoms with van der Waals surface area (Å²) >= 11 is 0. The molecule has 0 bridgehead atoms. The molecule has 0 spiro atoms. The number of carbonyl (C=O) groups is 2. The van der Waals surface area contributed by atoms with Crippen molar-refractivity contribution in [1.29, 1.82) is 0 Å². The smallest absolute Gasteiger partial charge is 0.330 e. The molecule has 0 saturated carbocycles. The summed E-state index contributed by atoms with van der Waals surface area (Å²) in [6.45, 7) is 4.08. The minimum atomic E-state index is -0.412. The first kappa shape index (κ1) is 34.7. The van der Waals surface area contributed by atoms with Crippen molar-refractivity contribution in [2.24, 2.45) is 0 Å². The molecule has 0 N–H and O–H groups in total. The largest absolute Gasteiger partial charge is 0.493 e. The first-order chi connectivity index (χ1) is 19.1. The van der Waals surface area contributed by atoms with Gasteiger partial charge in [0.25, 0.3) is 0 Å². The van der Waals surface area contributed by atoms with Gasteiger partial charge in [0.05, 0.1) is 13.7 Å². The van der Waals surface area contributed by atoms with Gasteiger partial charge in [-0.3, -0.25) is 4.79 Å². The molecule has 0 unspecified atom stereocenters. The number of carbonyl (C=O) groups excluding carboxylic acids is 2. The van der Waals surface area contributed by atoms with E-state index >= 15 is 0 Å². The molecule has 5 nitrogen and oxygen atoms in total. The van der Waals surface area contributed by atoms with Gasteiger partial charge in [0.1, 0.15) is 0 Å². The van der Waals surface area contributed by atoms with Crippen LogP contribution in [0.3, 0.4) is 0 Å². The fourth-order valence-corrected chi connectivity index (χ4v) is 4.77. The zero-order chi connectivity index (χ0) is 28.4. The van der Waals surface area contributed by atoms with Crippen molar-refractivity contribution in [2.45, 2.75) is 142 Å². The van der Waals surface area contributed by atoms with E-state index in [2.05, 4.69) is 6.92 Å². The second-order valence-corrected chi connectivity index (χ2v) is 10.7. The summed E-state index contributed by atoms with van der Waals surface area (Å²) in [5.41, 5.74) is 0.763. The average molecular weight is 545 g/mol. The van der Waals surface area contributed by atoms with E-state index in [1.807, 2.05) is 0 Å². The lowest BCUT2D eigenvalue weighted by molar-refractivity contribution is -0.137. The van der Waals surface area contributed by atoms with Crippen molar-refractivity contribution >= 4 is 18.0 Å². The van der Waals surface area contributed by atoms with Crippen LogP contribution in [0.1, 0.15) is 148 Å². The lowest BCUT2D eigenvalue weighted by atomic mass is 10.0. The van der Waals surface area contributed by atoms with Crippen molar-refractivity contribution in [1.82, 2.24) is 0 Å². The maximum absolute atomic E-state index is 12.0. The molecule has 0 fully saturated rings. The molecule has 0 amide bonds. The van der Waals surface area contributed by atoms with Gasteiger partial charge in [-0.2, -0.15) is 0 Å². The molecular formula is C34H56O5. The molecule has 0 aliphatic carbocycles. The SMILES string of the molecule is CCCCCCCCCCCCCCCCCCCCCCOC(=O)C=Cc1ccc(OC(C)=O)c(OC)c1. The number of ether oxygens (including phenoxy) is 3. The van der Waals surface area contributed by atoms with Gasteiger partial charge in [-0.1, -0.05) is 135 Å². The molecule has 1 aromatic carbocycles. The standard InChI is InChI=1S/C34H56O5/c1-4-5-6-7-8-9-10-11-12-13-14-15-16-17-18-19-20-21-22-23-28-38-34(36)27-25-31-24-26-32(39-30(2)35)33(29-31)37-3/h24-27,29H,4-23,28H2,1-3H3. The van der Waals surface area contributed by atoms with Gasteiger partial charge in [-0.05, 0) is 30.2 Å². The second-order valence-electron chi connectivity index (χ2n) is 10.7. The van der Waals surface area contributed by atoms with Gasteiger partial charge < -0.3 is 14.2 Å². The number of benzene rings is 1. The Morgan fingerprint density at radius 2 is 1.13 bits per heavy atom. The number of hydrogen-bond acceptors (Lipinski definition) is 5. The molecule has 0 atom stereocenters. The molecular weight excluding hydrogens is 488 g/mol. The van der Waals surface area contributed by atoms with Crippen molar-refractivity contribution in [3.8, 4) is 11.5 Å². The predicted octanol–water partition coefficient (Wildman–Crippen LogP) is 10.00.